The van der Waals surface area contributed by atoms with Crippen LogP contribution in [0.25, 0.3) is 11.0 Å². The molecule has 8 nitrogen and oxygen atoms in total. The van der Waals surface area contributed by atoms with Crippen LogP contribution in [0.3, 0.4) is 0 Å². The predicted octanol–water partition coefficient (Wildman–Crippen LogP) is 4.74. The third kappa shape index (κ3) is 5.61. The van der Waals surface area contributed by atoms with Crippen molar-refractivity contribution in [3.05, 3.63) is 65.4 Å². The van der Waals surface area contributed by atoms with Gasteiger partial charge in [0.05, 0.1) is 13.2 Å². The maximum absolute atomic E-state index is 14.0. The Balaban J connectivity index is 1.38. The number of ketones is 1. The maximum Gasteiger partial charge on any atom is 0.371 e. The molecule has 2 aromatic carbocycles. The van der Waals surface area contributed by atoms with Crippen molar-refractivity contribution in [1.82, 2.24) is 4.90 Å². The Bertz CT molecular complexity index is 1380. The molecule has 5 rings (SSSR count). The number of nitrogens with two attached hydrogens (primary N) is 1. The molecule has 2 fully saturated rings. The number of hydrogen-bond donors (Lipinski definition) is 2. The van der Waals surface area contributed by atoms with E-state index in [-0.39, 0.29) is 41.6 Å². The van der Waals surface area contributed by atoms with Crippen molar-refractivity contribution in [1.29, 1.82) is 0 Å². The molecule has 1 saturated carbocycles. The van der Waals surface area contributed by atoms with Crippen LogP contribution in [0.2, 0.25) is 0 Å². The van der Waals surface area contributed by atoms with Crippen molar-refractivity contribution in [3.63, 3.8) is 0 Å². The molecule has 1 aromatic heterocycles. The SMILES string of the molecule is COc1ccc([C@@H]2CCN(C(=O)C3CCC(C(N)CF)CC3)[C@@H]2C(=O)Cc2ccc3oc(C(=O)O)cc3c2)cc1. The minimum absolute atomic E-state index is 0.0157. The van der Waals surface area contributed by atoms with Crippen molar-refractivity contribution in [2.75, 3.05) is 20.3 Å². The van der Waals surface area contributed by atoms with Gasteiger partial charge >= 0.3 is 5.97 Å². The Morgan fingerprint density at radius 2 is 1.80 bits per heavy atom. The number of benzene rings is 2. The number of carbonyl (C=O) groups is 3. The van der Waals surface area contributed by atoms with Gasteiger partial charge in [-0.3, -0.25) is 9.59 Å². The smallest absolute Gasteiger partial charge is 0.371 e. The van der Waals surface area contributed by atoms with E-state index in [2.05, 4.69) is 0 Å². The van der Waals surface area contributed by atoms with Crippen molar-refractivity contribution in [2.24, 2.45) is 17.6 Å². The van der Waals surface area contributed by atoms with Crippen molar-refractivity contribution in [2.45, 2.75) is 56.5 Å². The van der Waals surface area contributed by atoms with E-state index in [4.69, 9.17) is 14.9 Å². The first-order valence-electron chi connectivity index (χ1n) is 13.8. The van der Waals surface area contributed by atoms with E-state index >= 15 is 0 Å². The monoisotopic (exact) mass is 550 g/mol. The second-order valence-electron chi connectivity index (χ2n) is 11.0. The number of methoxy groups -OCH3 is 1. The van der Waals surface area contributed by atoms with Crippen LogP contribution in [-0.4, -0.2) is 60.1 Å². The molecule has 9 heteroatoms. The fraction of sp³-hybridized carbons (Fsp3) is 0.452. The van der Waals surface area contributed by atoms with E-state index in [0.717, 1.165) is 16.9 Å². The number of rotatable bonds is 9. The van der Waals surface area contributed by atoms with E-state index in [9.17, 15) is 23.9 Å². The number of ether oxygens (including phenoxy) is 1. The highest BCUT2D eigenvalue weighted by Gasteiger charge is 2.44. The molecule has 0 radical (unpaired) electrons. The number of carbonyl (C=O) groups excluding carboxylic acids is 2. The van der Waals surface area contributed by atoms with Gasteiger partial charge in [-0.15, -0.1) is 0 Å². The maximum atomic E-state index is 14.0. The van der Waals surface area contributed by atoms with Crippen LogP contribution < -0.4 is 10.5 Å². The fourth-order valence-corrected chi connectivity index (χ4v) is 6.41. The van der Waals surface area contributed by atoms with Gasteiger partial charge in [0.2, 0.25) is 11.7 Å². The molecule has 2 aliphatic rings. The van der Waals surface area contributed by atoms with Gasteiger partial charge in [-0.05, 0) is 79.5 Å². The van der Waals surface area contributed by atoms with Gasteiger partial charge in [0.1, 0.15) is 18.0 Å². The Hall–Kier alpha value is -3.72. The van der Waals surface area contributed by atoms with E-state index in [1.165, 1.54) is 6.07 Å². The van der Waals surface area contributed by atoms with Crippen LogP contribution in [0.4, 0.5) is 4.39 Å². The van der Waals surface area contributed by atoms with Gasteiger partial charge in [0.15, 0.2) is 5.78 Å². The molecule has 1 aliphatic heterocycles. The van der Waals surface area contributed by atoms with Crippen molar-refractivity contribution < 1.29 is 33.0 Å². The predicted molar refractivity (Wildman–Crippen MR) is 147 cm³/mol. The Kier molecular flexibility index (Phi) is 8.21. The number of hydrogen-bond acceptors (Lipinski definition) is 6. The van der Waals surface area contributed by atoms with Gasteiger partial charge in [-0.2, -0.15) is 0 Å². The summed E-state index contributed by atoms with van der Waals surface area (Å²) < 4.78 is 23.7. The molecule has 3 atom stereocenters. The number of aromatic carboxylic acids is 1. The summed E-state index contributed by atoms with van der Waals surface area (Å²) in [5.41, 5.74) is 8.06. The summed E-state index contributed by atoms with van der Waals surface area (Å²) in [7, 11) is 1.60. The van der Waals surface area contributed by atoms with Gasteiger partial charge in [-0.1, -0.05) is 18.2 Å². The molecule has 1 amide bonds. The van der Waals surface area contributed by atoms with Gasteiger partial charge in [-0.25, -0.2) is 9.18 Å². The number of carboxylic acid groups (broad SMARTS) is 1. The number of amides is 1. The minimum Gasteiger partial charge on any atom is -0.497 e. The molecular weight excluding hydrogens is 515 g/mol. The lowest BCUT2D eigenvalue weighted by Crippen LogP contribution is -2.47. The third-order valence-electron chi connectivity index (χ3n) is 8.63. The minimum atomic E-state index is -1.16. The molecule has 2 heterocycles. The van der Waals surface area contributed by atoms with Crippen LogP contribution in [0.5, 0.6) is 5.75 Å². The summed E-state index contributed by atoms with van der Waals surface area (Å²) in [4.78, 5) is 40.8. The second kappa shape index (κ2) is 11.8. The Morgan fingerprint density at radius 1 is 1.07 bits per heavy atom. The number of carboxylic acids is 1. The number of furan rings is 1. The van der Waals surface area contributed by atoms with Gasteiger partial charge < -0.3 is 24.9 Å². The zero-order valence-electron chi connectivity index (χ0n) is 22.6. The van der Waals surface area contributed by atoms with Crippen LogP contribution in [0.15, 0.2) is 52.9 Å². The summed E-state index contributed by atoms with van der Waals surface area (Å²) in [5, 5.41) is 9.85. The lowest BCUT2D eigenvalue weighted by atomic mass is 9.78. The average Bonchev–Trinajstić information content (AvgIpc) is 3.61. The molecule has 212 valence electrons. The molecular formula is C31H35FN2O6. The van der Waals surface area contributed by atoms with Crippen LogP contribution in [0, 0.1) is 11.8 Å². The fourth-order valence-electron chi connectivity index (χ4n) is 6.41. The summed E-state index contributed by atoms with van der Waals surface area (Å²) in [6, 6.07) is 13.2. The van der Waals surface area contributed by atoms with E-state index in [0.29, 0.717) is 49.6 Å². The molecule has 1 saturated heterocycles. The van der Waals surface area contributed by atoms with Crippen molar-refractivity contribution >= 4 is 28.6 Å². The highest BCUT2D eigenvalue weighted by atomic mass is 19.1. The number of alkyl halides is 1. The lowest BCUT2D eigenvalue weighted by Gasteiger charge is -2.35. The summed E-state index contributed by atoms with van der Waals surface area (Å²) in [6.07, 6.45) is 3.47. The Labute approximate surface area is 232 Å². The number of Topliss-reactive ketones (excluding diaryl/α,β-unsaturated/α-hetero) is 1. The van der Waals surface area contributed by atoms with Crippen LogP contribution in [0.1, 0.15) is 59.7 Å². The average molecular weight is 551 g/mol. The normalized spacial score (nSPS) is 23.7. The molecule has 1 unspecified atom stereocenters. The summed E-state index contributed by atoms with van der Waals surface area (Å²) >= 11 is 0. The molecule has 40 heavy (non-hydrogen) atoms. The first kappa shape index (κ1) is 27.8. The molecule has 0 spiro atoms. The van der Waals surface area contributed by atoms with Gasteiger partial charge in [0.25, 0.3) is 0 Å². The molecule has 0 bridgehead atoms. The number of halogens is 1. The molecule has 3 N–H and O–H groups in total. The summed E-state index contributed by atoms with van der Waals surface area (Å²) in [6.45, 7) is -0.0731. The van der Waals surface area contributed by atoms with E-state index in [1.807, 2.05) is 24.3 Å². The second-order valence-corrected chi connectivity index (χ2v) is 11.0. The van der Waals surface area contributed by atoms with E-state index in [1.54, 1.807) is 30.2 Å². The largest absolute Gasteiger partial charge is 0.497 e. The number of likely N-dealkylation sites (tertiary alicyclic amines) is 1. The topological polar surface area (TPSA) is 123 Å². The number of nitrogens with zero attached hydrogens (tertiary/aromatic N) is 1. The number of fused-ring (bicyclic) bond motifs is 1. The van der Waals surface area contributed by atoms with Gasteiger partial charge in [0, 0.05) is 36.2 Å². The Morgan fingerprint density at radius 3 is 2.45 bits per heavy atom. The third-order valence-corrected chi connectivity index (χ3v) is 8.63. The first-order valence-corrected chi connectivity index (χ1v) is 13.8. The van der Waals surface area contributed by atoms with Crippen LogP contribution in [-0.2, 0) is 16.0 Å². The quantitative estimate of drug-likeness (QED) is 0.395. The molecule has 1 aliphatic carbocycles. The lowest BCUT2D eigenvalue weighted by molar-refractivity contribution is -0.142. The zero-order chi connectivity index (χ0) is 28.4. The van der Waals surface area contributed by atoms with Crippen LogP contribution >= 0.6 is 0 Å². The highest BCUT2D eigenvalue weighted by Crippen LogP contribution is 2.39. The molecule has 3 aromatic rings. The summed E-state index contributed by atoms with van der Waals surface area (Å²) in [5.74, 6) is -0.963. The van der Waals surface area contributed by atoms with Crippen molar-refractivity contribution in [3.8, 4) is 5.75 Å². The standard InChI is InChI=1S/C31H35FN2O6/c1-39-23-9-7-19(8-10-23)24-12-13-34(30(36)21-5-3-20(4-6-21)25(33)17-32)29(24)26(35)15-18-2-11-27-22(14-18)16-28(40-27)31(37)38/h2,7-11,14,16,20-21,24-25,29H,3-6,12-13,15,17,33H2,1H3,(H,37,38)/t20?,21?,24-,25?,29-/m0/s1. The van der Waals surface area contributed by atoms with E-state index < -0.39 is 24.7 Å². The zero-order valence-corrected chi connectivity index (χ0v) is 22.6. The highest BCUT2D eigenvalue weighted by molar-refractivity contribution is 5.94. The first-order chi connectivity index (χ1) is 19.3.